The van der Waals surface area contributed by atoms with Gasteiger partial charge in [-0.25, -0.2) is 4.79 Å². The zero-order valence-electron chi connectivity index (χ0n) is 26.1. The van der Waals surface area contributed by atoms with Crippen LogP contribution >= 0.6 is 0 Å². The van der Waals surface area contributed by atoms with Crippen LogP contribution in [0.25, 0.3) is 10.8 Å². The van der Waals surface area contributed by atoms with Crippen LogP contribution < -0.4 is 27.8 Å². The van der Waals surface area contributed by atoms with Crippen LogP contribution in [0.3, 0.4) is 0 Å². The maximum absolute atomic E-state index is 14.2. The highest BCUT2D eigenvalue weighted by Gasteiger charge is 2.32. The number of benzene rings is 3. The Balaban J connectivity index is 1.60. The van der Waals surface area contributed by atoms with Gasteiger partial charge in [0.25, 0.3) is 0 Å². The van der Waals surface area contributed by atoms with Crippen molar-refractivity contribution in [3.63, 3.8) is 0 Å². The second-order valence-corrected chi connectivity index (χ2v) is 12.1. The summed E-state index contributed by atoms with van der Waals surface area (Å²) in [6.45, 7) is 0.241. The SMILES string of the molecule is N=C(N)c1ccc(C[C@@H](C(=O)N[C@@H](CC2CCCCC2)C(=O)N[C@@H](CCCN=C(N)N)C(=O)O)c2ccc3ccccc3c2)cc1. The van der Waals surface area contributed by atoms with Gasteiger partial charge in [-0.05, 0) is 53.5 Å². The lowest BCUT2D eigenvalue weighted by atomic mass is 9.84. The maximum Gasteiger partial charge on any atom is 0.326 e. The molecule has 0 aliphatic heterocycles. The highest BCUT2D eigenvalue weighted by Crippen LogP contribution is 2.29. The van der Waals surface area contributed by atoms with Gasteiger partial charge in [0.2, 0.25) is 11.8 Å². The topological polar surface area (TPSA) is 210 Å². The number of amidine groups is 1. The number of nitrogens with zero attached hydrogens (tertiary/aromatic N) is 1. The van der Waals surface area contributed by atoms with E-state index in [1.165, 1.54) is 0 Å². The third-order valence-corrected chi connectivity index (χ3v) is 8.68. The Morgan fingerprint density at radius 2 is 1.54 bits per heavy atom. The summed E-state index contributed by atoms with van der Waals surface area (Å²) in [5.41, 5.74) is 18.7. The summed E-state index contributed by atoms with van der Waals surface area (Å²) in [5, 5.41) is 25.3. The van der Waals surface area contributed by atoms with E-state index in [-0.39, 0.29) is 36.6 Å². The Labute approximate surface area is 269 Å². The smallest absolute Gasteiger partial charge is 0.326 e. The number of hydrogen-bond acceptors (Lipinski definition) is 5. The molecule has 11 heteroatoms. The Morgan fingerprint density at radius 1 is 0.870 bits per heavy atom. The molecule has 0 radical (unpaired) electrons. The Kier molecular flexibility index (Phi) is 12.1. The summed E-state index contributed by atoms with van der Waals surface area (Å²) in [6, 6.07) is 19.0. The molecule has 1 fully saturated rings. The lowest BCUT2D eigenvalue weighted by Gasteiger charge is -2.29. The van der Waals surface area contributed by atoms with Crippen LogP contribution in [0.4, 0.5) is 0 Å². The Hall–Kier alpha value is -4.93. The molecule has 0 heterocycles. The normalized spacial score (nSPS) is 15.3. The van der Waals surface area contributed by atoms with Crippen LogP contribution in [-0.2, 0) is 20.8 Å². The van der Waals surface area contributed by atoms with E-state index in [1.54, 1.807) is 12.1 Å². The highest BCUT2D eigenvalue weighted by molar-refractivity contribution is 5.95. The highest BCUT2D eigenvalue weighted by atomic mass is 16.4. The molecular formula is C35H45N7O4. The molecule has 0 unspecified atom stereocenters. The first-order valence-electron chi connectivity index (χ1n) is 15.9. The van der Waals surface area contributed by atoms with E-state index in [4.69, 9.17) is 22.6 Å². The number of nitrogens with one attached hydrogen (secondary N) is 3. The number of amides is 2. The third kappa shape index (κ3) is 9.79. The molecule has 11 nitrogen and oxygen atoms in total. The molecule has 3 atom stereocenters. The molecule has 0 saturated heterocycles. The second-order valence-electron chi connectivity index (χ2n) is 12.1. The zero-order valence-corrected chi connectivity index (χ0v) is 26.1. The first-order valence-corrected chi connectivity index (χ1v) is 15.9. The van der Waals surface area contributed by atoms with Crippen molar-refractivity contribution in [1.29, 1.82) is 5.41 Å². The minimum Gasteiger partial charge on any atom is -0.480 e. The second kappa shape index (κ2) is 16.4. The molecule has 244 valence electrons. The zero-order chi connectivity index (χ0) is 33.1. The molecule has 10 N–H and O–H groups in total. The average molecular weight is 628 g/mol. The van der Waals surface area contributed by atoms with E-state index < -0.39 is 29.9 Å². The van der Waals surface area contributed by atoms with E-state index in [0.29, 0.717) is 24.8 Å². The van der Waals surface area contributed by atoms with Crippen molar-refractivity contribution in [2.45, 2.75) is 75.8 Å². The molecule has 4 rings (SSSR count). The van der Waals surface area contributed by atoms with Crippen molar-refractivity contribution in [3.8, 4) is 0 Å². The first kappa shape index (κ1) is 34.0. The van der Waals surface area contributed by atoms with Gasteiger partial charge in [-0.1, -0.05) is 98.8 Å². The fourth-order valence-corrected chi connectivity index (χ4v) is 6.14. The van der Waals surface area contributed by atoms with Crippen molar-refractivity contribution in [3.05, 3.63) is 83.4 Å². The van der Waals surface area contributed by atoms with Gasteiger partial charge < -0.3 is 32.9 Å². The third-order valence-electron chi connectivity index (χ3n) is 8.68. The summed E-state index contributed by atoms with van der Waals surface area (Å²) < 4.78 is 0. The predicted molar refractivity (Wildman–Crippen MR) is 180 cm³/mol. The van der Waals surface area contributed by atoms with Gasteiger partial charge in [0.05, 0.1) is 5.92 Å². The molecule has 3 aromatic rings. The number of aliphatic imine (C=N–C) groups is 1. The average Bonchev–Trinajstić information content (AvgIpc) is 3.04. The molecule has 0 aromatic heterocycles. The number of guanidine groups is 1. The lowest BCUT2D eigenvalue weighted by molar-refractivity contribution is -0.142. The van der Waals surface area contributed by atoms with Gasteiger partial charge in [-0.3, -0.25) is 20.0 Å². The van der Waals surface area contributed by atoms with Gasteiger partial charge in [-0.2, -0.15) is 0 Å². The number of carboxylic acids is 1. The van der Waals surface area contributed by atoms with Crippen molar-refractivity contribution in [2.24, 2.45) is 28.1 Å². The molecule has 2 amide bonds. The number of fused-ring (bicyclic) bond motifs is 1. The minimum absolute atomic E-state index is 0.0390. The van der Waals surface area contributed by atoms with Gasteiger partial charge in [0.15, 0.2) is 5.96 Å². The molecule has 0 bridgehead atoms. The van der Waals surface area contributed by atoms with E-state index in [2.05, 4.69) is 15.6 Å². The van der Waals surface area contributed by atoms with Crippen LogP contribution in [0.5, 0.6) is 0 Å². The lowest BCUT2D eigenvalue weighted by Crippen LogP contribution is -2.53. The van der Waals surface area contributed by atoms with Crippen LogP contribution in [0.15, 0.2) is 71.7 Å². The van der Waals surface area contributed by atoms with E-state index >= 15 is 0 Å². The van der Waals surface area contributed by atoms with Crippen LogP contribution in [0.1, 0.15) is 74.0 Å². The fourth-order valence-electron chi connectivity index (χ4n) is 6.14. The van der Waals surface area contributed by atoms with E-state index in [0.717, 1.165) is 54.0 Å². The van der Waals surface area contributed by atoms with Crippen molar-refractivity contribution >= 4 is 40.4 Å². The number of aliphatic carboxylic acids is 1. The maximum atomic E-state index is 14.2. The van der Waals surface area contributed by atoms with Crippen molar-refractivity contribution < 1.29 is 19.5 Å². The van der Waals surface area contributed by atoms with Crippen LogP contribution in [-0.4, -0.2) is 53.3 Å². The summed E-state index contributed by atoms with van der Waals surface area (Å²) in [4.78, 5) is 43.9. The molecule has 0 spiro atoms. The molecular weight excluding hydrogens is 582 g/mol. The molecule has 1 aliphatic rings. The summed E-state index contributed by atoms with van der Waals surface area (Å²) in [6.07, 6.45) is 6.45. The van der Waals surface area contributed by atoms with Gasteiger partial charge in [-0.15, -0.1) is 0 Å². The summed E-state index contributed by atoms with van der Waals surface area (Å²) in [7, 11) is 0. The number of rotatable bonds is 15. The standard InChI is InChI=1S/C35H45N7O4/c36-31(37)25-14-12-23(13-15-25)19-28(27-17-16-24-9-4-5-10-26(24)21-27)32(43)42-30(20-22-7-2-1-3-8-22)33(44)41-29(34(45)46)11-6-18-40-35(38)39/h4-5,9-10,12-17,21-22,28-30H,1-3,6-8,11,18-20H2,(H3,36,37)(H,41,44)(H,42,43)(H,45,46)(H4,38,39,40)/t28-,29+,30+/m1/s1. The fraction of sp³-hybridized carbons (Fsp3) is 0.400. The quantitative estimate of drug-likeness (QED) is 0.0756. The summed E-state index contributed by atoms with van der Waals surface area (Å²) in [5.74, 6) is -2.51. The first-order chi connectivity index (χ1) is 22.1. The predicted octanol–water partition coefficient (Wildman–Crippen LogP) is 3.53. The summed E-state index contributed by atoms with van der Waals surface area (Å²) >= 11 is 0. The molecule has 1 saturated carbocycles. The van der Waals surface area contributed by atoms with Crippen LogP contribution in [0, 0.1) is 11.3 Å². The minimum atomic E-state index is -1.16. The number of nitrogen functional groups attached to an aromatic ring is 1. The number of carboxylic acid groups (broad SMARTS) is 1. The molecule has 3 aromatic carbocycles. The number of carbonyl (C=O) groups excluding carboxylic acids is 2. The Morgan fingerprint density at radius 3 is 2.20 bits per heavy atom. The number of hydrogen-bond donors (Lipinski definition) is 7. The largest absolute Gasteiger partial charge is 0.480 e. The number of nitrogens with two attached hydrogens (primary N) is 3. The van der Waals surface area contributed by atoms with Crippen molar-refractivity contribution in [2.75, 3.05) is 6.54 Å². The molecule has 1 aliphatic carbocycles. The monoisotopic (exact) mass is 627 g/mol. The number of carbonyl (C=O) groups is 3. The van der Waals surface area contributed by atoms with Gasteiger partial charge >= 0.3 is 5.97 Å². The molecule has 46 heavy (non-hydrogen) atoms. The van der Waals surface area contributed by atoms with Gasteiger partial charge in [0.1, 0.15) is 17.9 Å². The van der Waals surface area contributed by atoms with Gasteiger partial charge in [0, 0.05) is 12.1 Å². The van der Waals surface area contributed by atoms with E-state index in [1.807, 2.05) is 54.6 Å². The van der Waals surface area contributed by atoms with E-state index in [9.17, 15) is 19.5 Å². The Bertz CT molecular complexity index is 1550. The van der Waals surface area contributed by atoms with Crippen LogP contribution in [0.2, 0.25) is 0 Å². The van der Waals surface area contributed by atoms with Crippen molar-refractivity contribution in [1.82, 2.24) is 10.6 Å².